The van der Waals surface area contributed by atoms with Gasteiger partial charge in [-0.25, -0.2) is 0 Å². The van der Waals surface area contributed by atoms with Crippen molar-refractivity contribution in [1.82, 2.24) is 5.06 Å². The number of rotatable bonds is 0. The van der Waals surface area contributed by atoms with Crippen LogP contribution >= 0.6 is 0 Å². The quantitative estimate of drug-likeness (QED) is 0.455. The van der Waals surface area contributed by atoms with E-state index in [2.05, 4.69) is 0 Å². The Morgan fingerprint density at radius 1 is 1.33 bits per heavy atom. The molecule has 0 aromatic carbocycles. The summed E-state index contributed by atoms with van der Waals surface area (Å²) in [5, 5.41) is 10.0. The van der Waals surface area contributed by atoms with Crippen LogP contribution in [-0.2, 0) is 0 Å². The average molecular weight is 85.1 g/mol. The highest BCUT2D eigenvalue weighted by molar-refractivity contribution is 5.01. The van der Waals surface area contributed by atoms with Crippen LogP contribution in [0.25, 0.3) is 0 Å². The lowest BCUT2D eigenvalue weighted by atomic mass is 9.75. The van der Waals surface area contributed by atoms with Gasteiger partial charge in [-0.15, -0.1) is 0 Å². The van der Waals surface area contributed by atoms with Crippen molar-refractivity contribution in [2.75, 3.05) is 0 Å². The van der Waals surface area contributed by atoms with Gasteiger partial charge in [0.15, 0.2) is 0 Å². The molecular formula is C4H7NO. The second-order valence-electron chi connectivity index (χ2n) is 2.16. The molecule has 2 bridgehead atoms. The monoisotopic (exact) mass is 85.1 g/mol. The van der Waals surface area contributed by atoms with Gasteiger partial charge in [-0.2, -0.15) is 5.06 Å². The van der Waals surface area contributed by atoms with Crippen molar-refractivity contribution in [2.24, 2.45) is 0 Å². The van der Waals surface area contributed by atoms with Crippen LogP contribution in [0.5, 0.6) is 0 Å². The van der Waals surface area contributed by atoms with Crippen LogP contribution in [0.3, 0.4) is 0 Å². The van der Waals surface area contributed by atoms with Crippen molar-refractivity contribution in [3.63, 3.8) is 0 Å². The van der Waals surface area contributed by atoms with Crippen molar-refractivity contribution >= 4 is 0 Å². The first-order valence-corrected chi connectivity index (χ1v) is 2.35. The van der Waals surface area contributed by atoms with Crippen LogP contribution < -0.4 is 0 Å². The van der Waals surface area contributed by atoms with Gasteiger partial charge in [-0.3, -0.25) is 0 Å². The average Bonchev–Trinajstić information content (AvgIpc) is 1.28. The predicted octanol–water partition coefficient (Wildman–Crippen LogP) is 0.222. The Bertz CT molecular complexity index is 69.6. The highest BCUT2D eigenvalue weighted by Crippen LogP contribution is 2.41. The third kappa shape index (κ3) is 0.132. The summed E-state index contributed by atoms with van der Waals surface area (Å²) in [7, 11) is 0. The van der Waals surface area contributed by atoms with E-state index in [9.17, 15) is 0 Å². The molecule has 2 aliphatic heterocycles. The summed E-state index contributed by atoms with van der Waals surface area (Å²) in [6.07, 6.45) is 2.49. The molecule has 2 heteroatoms. The lowest BCUT2D eigenvalue weighted by Gasteiger charge is -2.56. The van der Waals surface area contributed by atoms with Crippen LogP contribution in [0.15, 0.2) is 0 Å². The highest BCUT2D eigenvalue weighted by atomic mass is 16.5. The number of hydrogen-bond donors (Lipinski definition) is 1. The van der Waals surface area contributed by atoms with E-state index in [1.54, 1.807) is 0 Å². The summed E-state index contributed by atoms with van der Waals surface area (Å²) in [6, 6.07) is 1.13. The molecule has 34 valence electrons. The molecule has 1 aliphatic carbocycles. The second kappa shape index (κ2) is 0.634. The molecule has 6 heavy (non-hydrogen) atoms. The SMILES string of the molecule is ON1C2CC1C2. The molecule has 0 aromatic rings. The maximum Gasteiger partial charge on any atom is 0.0385 e. The van der Waals surface area contributed by atoms with Crippen molar-refractivity contribution in [1.29, 1.82) is 0 Å². The molecular weight excluding hydrogens is 78.0 g/mol. The van der Waals surface area contributed by atoms with Gasteiger partial charge < -0.3 is 5.21 Å². The first-order chi connectivity index (χ1) is 2.88. The molecule has 1 saturated carbocycles. The van der Waals surface area contributed by atoms with Gasteiger partial charge in [0.25, 0.3) is 0 Å². The molecule has 0 unspecified atom stereocenters. The summed E-state index contributed by atoms with van der Waals surface area (Å²) in [6.45, 7) is 0. The Morgan fingerprint density at radius 2 is 1.67 bits per heavy atom. The lowest BCUT2D eigenvalue weighted by molar-refractivity contribution is -0.298. The van der Waals surface area contributed by atoms with Crippen molar-refractivity contribution in [3.8, 4) is 0 Å². The smallest absolute Gasteiger partial charge is 0.0385 e. The molecule has 2 nitrogen and oxygen atoms in total. The molecule has 0 atom stereocenters. The Balaban J connectivity index is 2.11. The number of hydrogen-bond acceptors (Lipinski definition) is 2. The van der Waals surface area contributed by atoms with Crippen LogP contribution in [0.4, 0.5) is 0 Å². The summed E-state index contributed by atoms with van der Waals surface area (Å²) < 4.78 is 0. The molecule has 2 heterocycles. The number of nitrogens with zero attached hydrogens (tertiary/aromatic N) is 1. The van der Waals surface area contributed by atoms with Gasteiger partial charge in [0.2, 0.25) is 0 Å². The largest absolute Gasteiger partial charge is 0.313 e. The highest BCUT2D eigenvalue weighted by Gasteiger charge is 2.50. The summed E-state index contributed by atoms with van der Waals surface area (Å²) in [4.78, 5) is 0. The van der Waals surface area contributed by atoms with E-state index in [0.29, 0.717) is 12.1 Å². The summed E-state index contributed by atoms with van der Waals surface area (Å²) in [5.74, 6) is 0. The molecule has 0 aromatic heterocycles. The van der Waals surface area contributed by atoms with E-state index in [4.69, 9.17) is 5.21 Å². The topological polar surface area (TPSA) is 23.5 Å². The van der Waals surface area contributed by atoms with E-state index >= 15 is 0 Å². The van der Waals surface area contributed by atoms with E-state index < -0.39 is 0 Å². The normalized spacial score (nSPS) is 53.5. The van der Waals surface area contributed by atoms with Crippen molar-refractivity contribution in [2.45, 2.75) is 24.9 Å². The van der Waals surface area contributed by atoms with Crippen molar-refractivity contribution in [3.05, 3.63) is 0 Å². The van der Waals surface area contributed by atoms with Crippen LogP contribution in [-0.4, -0.2) is 22.4 Å². The van der Waals surface area contributed by atoms with Crippen LogP contribution in [0, 0.1) is 0 Å². The lowest BCUT2D eigenvalue weighted by Crippen LogP contribution is -2.66. The Hall–Kier alpha value is -0.0800. The van der Waals surface area contributed by atoms with Gasteiger partial charge in [0.1, 0.15) is 0 Å². The standard InChI is InChI=1S/C4H7NO/c6-5-3-1-4(5)2-3/h3-4,6H,1-2H2. The van der Waals surface area contributed by atoms with Gasteiger partial charge in [0, 0.05) is 12.1 Å². The minimum absolute atomic E-state index is 0.565. The van der Waals surface area contributed by atoms with E-state index in [1.165, 1.54) is 17.9 Å². The summed E-state index contributed by atoms with van der Waals surface area (Å²) >= 11 is 0. The second-order valence-corrected chi connectivity index (χ2v) is 2.16. The molecule has 0 amide bonds. The molecule has 3 rings (SSSR count). The van der Waals surface area contributed by atoms with Crippen LogP contribution in [0.1, 0.15) is 12.8 Å². The Morgan fingerprint density at radius 3 is 1.67 bits per heavy atom. The molecule has 1 N–H and O–H groups in total. The minimum atomic E-state index is 0.565. The summed E-state index contributed by atoms with van der Waals surface area (Å²) in [5.41, 5.74) is 0. The Kier molecular flexibility index (Phi) is 0.316. The zero-order valence-electron chi connectivity index (χ0n) is 3.46. The van der Waals surface area contributed by atoms with E-state index in [-0.39, 0.29) is 0 Å². The molecule has 2 saturated heterocycles. The van der Waals surface area contributed by atoms with E-state index in [1.807, 2.05) is 0 Å². The molecule has 0 radical (unpaired) electrons. The third-order valence-corrected chi connectivity index (χ3v) is 1.84. The maximum atomic E-state index is 8.60. The zero-order valence-corrected chi connectivity index (χ0v) is 3.46. The fraction of sp³-hybridized carbons (Fsp3) is 1.00. The van der Waals surface area contributed by atoms with Gasteiger partial charge in [0.05, 0.1) is 0 Å². The molecule has 0 spiro atoms. The third-order valence-electron chi connectivity index (χ3n) is 1.84. The van der Waals surface area contributed by atoms with Gasteiger partial charge in [-0.1, -0.05) is 0 Å². The number of hydroxylamine groups is 2. The van der Waals surface area contributed by atoms with Crippen molar-refractivity contribution < 1.29 is 5.21 Å². The first kappa shape index (κ1) is 2.99. The first-order valence-electron chi connectivity index (χ1n) is 2.35. The maximum absolute atomic E-state index is 8.60. The fourth-order valence-corrected chi connectivity index (χ4v) is 1.01. The minimum Gasteiger partial charge on any atom is -0.313 e. The Labute approximate surface area is 36.3 Å². The van der Waals surface area contributed by atoms with Crippen LogP contribution in [0.2, 0.25) is 0 Å². The molecule has 3 fully saturated rings. The molecule has 3 aliphatic rings. The zero-order chi connectivity index (χ0) is 4.15. The van der Waals surface area contributed by atoms with E-state index in [0.717, 1.165) is 0 Å². The fourth-order valence-electron chi connectivity index (χ4n) is 1.01. The van der Waals surface area contributed by atoms with Gasteiger partial charge >= 0.3 is 0 Å². The van der Waals surface area contributed by atoms with Gasteiger partial charge in [-0.05, 0) is 12.8 Å². The predicted molar refractivity (Wildman–Crippen MR) is 20.4 cm³/mol.